The van der Waals surface area contributed by atoms with E-state index in [2.05, 4.69) is 47.9 Å². The first-order chi connectivity index (χ1) is 12.8. The topological polar surface area (TPSA) is 69.2 Å². The predicted molar refractivity (Wildman–Crippen MR) is 108 cm³/mol. The highest BCUT2D eigenvalue weighted by Gasteiger charge is 2.39. The summed E-state index contributed by atoms with van der Waals surface area (Å²) in [5.41, 5.74) is 6.10. The van der Waals surface area contributed by atoms with Crippen molar-refractivity contribution in [1.82, 2.24) is 10.3 Å². The van der Waals surface area contributed by atoms with E-state index >= 15 is 0 Å². The highest BCUT2D eigenvalue weighted by atomic mass is 16.5. The molecular formula is C20H25N5O2. The maximum Gasteiger partial charge on any atom is 0.262 e. The van der Waals surface area contributed by atoms with Crippen LogP contribution >= 0.6 is 0 Å². The van der Waals surface area contributed by atoms with Crippen LogP contribution < -0.4 is 20.4 Å². The summed E-state index contributed by atoms with van der Waals surface area (Å²) in [7, 11) is 2.10. The van der Waals surface area contributed by atoms with Gasteiger partial charge in [0.2, 0.25) is 0 Å². The van der Waals surface area contributed by atoms with Crippen molar-refractivity contribution in [2.75, 3.05) is 37.0 Å². The van der Waals surface area contributed by atoms with Crippen LogP contribution in [0, 0.1) is 0 Å². The van der Waals surface area contributed by atoms with E-state index in [1.165, 1.54) is 0 Å². The van der Waals surface area contributed by atoms with Gasteiger partial charge in [0.15, 0.2) is 5.84 Å². The van der Waals surface area contributed by atoms with Crippen molar-refractivity contribution in [3.63, 3.8) is 0 Å². The van der Waals surface area contributed by atoms with E-state index < -0.39 is 0 Å². The molecule has 1 amide bonds. The van der Waals surface area contributed by atoms with Gasteiger partial charge in [-0.3, -0.25) is 4.79 Å². The van der Waals surface area contributed by atoms with Crippen LogP contribution in [0.15, 0.2) is 36.5 Å². The number of carbonyl (C=O) groups is 1. The zero-order chi connectivity index (χ0) is 19.3. The SMILES string of the molecule is C=CC(=C)c1cc2c(cc1NC1(C)CN(C)C1)N1C(=NNC(=O)C1C)CO2. The number of hydrogen-bond donors (Lipinski definition) is 2. The number of likely N-dealkylation sites (tertiary alicyclic amines) is 1. The number of hydrogen-bond acceptors (Lipinski definition) is 6. The molecule has 2 N–H and O–H groups in total. The lowest BCUT2D eigenvalue weighted by Gasteiger charge is -2.48. The molecule has 142 valence electrons. The largest absolute Gasteiger partial charge is 0.483 e. The maximum absolute atomic E-state index is 12.1. The van der Waals surface area contributed by atoms with Crippen LogP contribution in [-0.4, -0.2) is 55.0 Å². The second-order valence-electron chi connectivity index (χ2n) is 7.79. The molecule has 7 nitrogen and oxygen atoms in total. The highest BCUT2D eigenvalue weighted by Crippen LogP contribution is 2.42. The third-order valence-corrected chi connectivity index (χ3v) is 5.32. The number of nitrogens with zero attached hydrogens (tertiary/aromatic N) is 3. The number of fused-ring (bicyclic) bond motifs is 3. The number of hydrazone groups is 1. The fraction of sp³-hybridized carbons (Fsp3) is 0.400. The first-order valence-electron chi connectivity index (χ1n) is 9.06. The van der Waals surface area contributed by atoms with Crippen LogP contribution in [-0.2, 0) is 4.79 Å². The first kappa shape index (κ1) is 17.6. The molecule has 1 atom stereocenters. The standard InChI is InChI=1S/C20H25N5O2/c1-6-12(2)14-7-17-16(8-15(14)21-20(4)10-24(5)11-20)25-13(3)19(26)23-22-18(25)9-27-17/h6-8,13,21H,1-2,9-11H2,3-5H3,(H,23,26). The molecule has 0 aliphatic carbocycles. The van der Waals surface area contributed by atoms with E-state index in [1.807, 2.05) is 24.0 Å². The van der Waals surface area contributed by atoms with Crippen molar-refractivity contribution in [2.24, 2.45) is 5.10 Å². The Bertz CT molecular complexity index is 869. The molecule has 3 aliphatic heterocycles. The number of likely N-dealkylation sites (N-methyl/N-ethyl adjacent to an activating group) is 1. The summed E-state index contributed by atoms with van der Waals surface area (Å²) in [4.78, 5) is 16.3. The normalized spacial score (nSPS) is 23.1. The van der Waals surface area contributed by atoms with Gasteiger partial charge in [-0.1, -0.05) is 19.2 Å². The molecule has 27 heavy (non-hydrogen) atoms. The molecule has 1 fully saturated rings. The number of benzene rings is 1. The second-order valence-corrected chi connectivity index (χ2v) is 7.79. The lowest BCUT2D eigenvalue weighted by Crippen LogP contribution is -2.62. The molecule has 0 saturated carbocycles. The van der Waals surface area contributed by atoms with Gasteiger partial charge in [-0.05, 0) is 38.6 Å². The smallest absolute Gasteiger partial charge is 0.262 e. The van der Waals surface area contributed by atoms with Crippen molar-refractivity contribution in [2.45, 2.75) is 25.4 Å². The minimum Gasteiger partial charge on any atom is -0.483 e. The number of amides is 1. The van der Waals surface area contributed by atoms with Crippen molar-refractivity contribution >= 4 is 28.7 Å². The van der Waals surface area contributed by atoms with Crippen molar-refractivity contribution in [1.29, 1.82) is 0 Å². The molecule has 0 aromatic heterocycles. The van der Waals surface area contributed by atoms with Crippen LogP contribution in [0.2, 0.25) is 0 Å². The third kappa shape index (κ3) is 2.88. The van der Waals surface area contributed by atoms with Crippen LogP contribution in [0.3, 0.4) is 0 Å². The van der Waals surface area contributed by atoms with E-state index in [0.717, 1.165) is 41.4 Å². The van der Waals surface area contributed by atoms with Crippen LogP contribution in [0.25, 0.3) is 5.57 Å². The predicted octanol–water partition coefficient (Wildman–Crippen LogP) is 2.03. The second kappa shape index (κ2) is 6.13. The number of allylic oxidation sites excluding steroid dienone is 2. The Morgan fingerprint density at radius 3 is 2.89 bits per heavy atom. The maximum atomic E-state index is 12.1. The average molecular weight is 367 g/mol. The Morgan fingerprint density at radius 1 is 1.48 bits per heavy atom. The fourth-order valence-electron chi connectivity index (χ4n) is 4.10. The van der Waals surface area contributed by atoms with Gasteiger partial charge in [0.1, 0.15) is 18.4 Å². The monoisotopic (exact) mass is 367 g/mol. The van der Waals surface area contributed by atoms with Crippen LogP contribution in [0.1, 0.15) is 19.4 Å². The van der Waals surface area contributed by atoms with Crippen LogP contribution in [0.4, 0.5) is 11.4 Å². The first-order valence-corrected chi connectivity index (χ1v) is 9.06. The van der Waals surface area contributed by atoms with Gasteiger partial charge in [-0.25, -0.2) is 5.43 Å². The van der Waals surface area contributed by atoms with Gasteiger partial charge in [0.05, 0.1) is 11.2 Å². The minimum absolute atomic E-state index is 0.0173. The molecular weight excluding hydrogens is 342 g/mol. The Hall–Kier alpha value is -2.80. The fourth-order valence-corrected chi connectivity index (χ4v) is 4.10. The van der Waals surface area contributed by atoms with Gasteiger partial charge in [-0.2, -0.15) is 5.10 Å². The van der Waals surface area contributed by atoms with Crippen molar-refractivity contribution in [3.8, 4) is 5.75 Å². The molecule has 1 aromatic rings. The van der Waals surface area contributed by atoms with Crippen molar-refractivity contribution in [3.05, 3.63) is 36.9 Å². The molecule has 0 radical (unpaired) electrons. The molecule has 1 saturated heterocycles. The summed E-state index contributed by atoms with van der Waals surface area (Å²) in [5, 5.41) is 7.82. The Kier molecular flexibility index (Phi) is 3.99. The number of ether oxygens (including phenoxy) is 1. The summed E-state index contributed by atoms with van der Waals surface area (Å²) >= 11 is 0. The summed E-state index contributed by atoms with van der Waals surface area (Å²) in [6.07, 6.45) is 1.74. The van der Waals surface area contributed by atoms with E-state index in [9.17, 15) is 4.79 Å². The van der Waals surface area contributed by atoms with Crippen molar-refractivity contribution < 1.29 is 9.53 Å². The number of anilines is 2. The lowest BCUT2D eigenvalue weighted by atomic mass is 9.91. The summed E-state index contributed by atoms with van der Waals surface area (Å²) in [5.74, 6) is 1.29. The van der Waals surface area contributed by atoms with Gasteiger partial charge in [0, 0.05) is 24.3 Å². The zero-order valence-electron chi connectivity index (χ0n) is 16.0. The summed E-state index contributed by atoms with van der Waals surface area (Å²) in [6.45, 7) is 14.3. The summed E-state index contributed by atoms with van der Waals surface area (Å²) < 4.78 is 5.92. The Morgan fingerprint density at radius 2 is 2.22 bits per heavy atom. The lowest BCUT2D eigenvalue weighted by molar-refractivity contribution is -0.122. The van der Waals surface area contributed by atoms with E-state index in [0.29, 0.717) is 12.4 Å². The average Bonchev–Trinajstić information content (AvgIpc) is 2.62. The minimum atomic E-state index is -0.355. The highest BCUT2D eigenvalue weighted by molar-refractivity contribution is 6.09. The number of rotatable bonds is 4. The zero-order valence-corrected chi connectivity index (χ0v) is 16.0. The number of carbonyl (C=O) groups excluding carboxylic acids is 1. The molecule has 3 heterocycles. The van der Waals surface area contributed by atoms with Gasteiger partial charge in [0.25, 0.3) is 5.91 Å². The molecule has 0 spiro atoms. The van der Waals surface area contributed by atoms with E-state index in [4.69, 9.17) is 4.74 Å². The van der Waals surface area contributed by atoms with Gasteiger partial charge < -0.3 is 19.9 Å². The number of nitrogens with one attached hydrogen (secondary N) is 2. The number of amidine groups is 1. The molecule has 3 aliphatic rings. The third-order valence-electron chi connectivity index (χ3n) is 5.32. The van der Waals surface area contributed by atoms with E-state index in [1.54, 1.807) is 6.08 Å². The molecule has 1 aromatic carbocycles. The Balaban J connectivity index is 1.80. The Labute approximate surface area is 159 Å². The molecule has 1 unspecified atom stereocenters. The van der Waals surface area contributed by atoms with Gasteiger partial charge in [-0.15, -0.1) is 0 Å². The van der Waals surface area contributed by atoms with E-state index in [-0.39, 0.29) is 17.5 Å². The summed E-state index contributed by atoms with van der Waals surface area (Å²) in [6, 6.07) is 3.66. The molecule has 7 heteroatoms. The quantitative estimate of drug-likeness (QED) is 0.797. The van der Waals surface area contributed by atoms with Gasteiger partial charge >= 0.3 is 0 Å². The molecule has 4 rings (SSSR count). The molecule has 0 bridgehead atoms. The van der Waals surface area contributed by atoms with Crippen LogP contribution in [0.5, 0.6) is 5.75 Å².